The summed E-state index contributed by atoms with van der Waals surface area (Å²) in [6.45, 7) is 2.03. The molecule has 0 amide bonds. The smallest absolute Gasteiger partial charge is 0.323 e. The number of alkyl halides is 1. The molecule has 76 valence electrons. The van der Waals surface area contributed by atoms with E-state index >= 15 is 0 Å². The molecule has 0 N–H and O–H groups in total. The molecule has 0 aromatic carbocycles. The van der Waals surface area contributed by atoms with Crippen LogP contribution in [-0.4, -0.2) is 42.4 Å². The largest absolute Gasteiger partial charge is 0.468 e. The van der Waals surface area contributed by atoms with Crippen molar-refractivity contribution in [2.45, 2.75) is 25.3 Å². The molecule has 0 radical (unpaired) electrons. The van der Waals surface area contributed by atoms with E-state index in [2.05, 4.69) is 20.8 Å². The quantitative estimate of drug-likeness (QED) is 0.558. The number of likely N-dealkylation sites (tertiary alicyclic amines) is 1. The second-order valence-corrected chi connectivity index (χ2v) is 4.05. The lowest BCUT2D eigenvalue weighted by Gasteiger charge is -2.21. The van der Waals surface area contributed by atoms with Gasteiger partial charge in [-0.05, 0) is 32.4 Å². The van der Waals surface area contributed by atoms with Crippen LogP contribution in [0.15, 0.2) is 0 Å². The highest BCUT2D eigenvalue weighted by Crippen LogP contribution is 2.18. The fourth-order valence-electron chi connectivity index (χ4n) is 1.76. The summed E-state index contributed by atoms with van der Waals surface area (Å²) in [6, 6.07) is 0.0176. The highest BCUT2D eigenvalue weighted by atomic mass is 79.9. The molecule has 3 nitrogen and oxygen atoms in total. The molecule has 0 aromatic rings. The summed E-state index contributed by atoms with van der Waals surface area (Å²) in [5, 5.41) is 0.997. The predicted octanol–water partition coefficient (Wildman–Crippen LogP) is 1.41. The van der Waals surface area contributed by atoms with Gasteiger partial charge in [0.2, 0.25) is 0 Å². The minimum atomic E-state index is -0.0768. The van der Waals surface area contributed by atoms with Gasteiger partial charge in [0.1, 0.15) is 6.04 Å². The number of rotatable bonds is 4. The van der Waals surface area contributed by atoms with E-state index < -0.39 is 0 Å². The van der Waals surface area contributed by atoms with Crippen molar-refractivity contribution in [2.24, 2.45) is 0 Å². The number of nitrogens with zero attached hydrogens (tertiary/aromatic N) is 1. The topological polar surface area (TPSA) is 29.5 Å². The highest BCUT2D eigenvalue weighted by Gasteiger charge is 2.30. The van der Waals surface area contributed by atoms with Crippen LogP contribution in [0, 0.1) is 0 Å². The van der Waals surface area contributed by atoms with E-state index in [1.807, 2.05) is 0 Å². The SMILES string of the molecule is COC(=O)[C@H]1CCCN1CCCBr. The van der Waals surface area contributed by atoms with Crippen LogP contribution >= 0.6 is 15.9 Å². The summed E-state index contributed by atoms with van der Waals surface area (Å²) >= 11 is 3.39. The van der Waals surface area contributed by atoms with E-state index in [1.165, 1.54) is 7.11 Å². The monoisotopic (exact) mass is 249 g/mol. The Kier molecular flexibility index (Phi) is 4.73. The summed E-state index contributed by atoms with van der Waals surface area (Å²) in [4.78, 5) is 13.5. The molecule has 1 aliphatic rings. The minimum Gasteiger partial charge on any atom is -0.468 e. The fourth-order valence-corrected chi connectivity index (χ4v) is 2.01. The Morgan fingerprint density at radius 1 is 1.69 bits per heavy atom. The molecule has 0 saturated carbocycles. The molecule has 0 bridgehead atoms. The second kappa shape index (κ2) is 5.60. The van der Waals surface area contributed by atoms with Crippen molar-refractivity contribution in [2.75, 3.05) is 25.5 Å². The van der Waals surface area contributed by atoms with Gasteiger partial charge in [-0.1, -0.05) is 15.9 Å². The molecule has 0 aromatic heterocycles. The van der Waals surface area contributed by atoms with E-state index in [0.717, 1.165) is 37.7 Å². The van der Waals surface area contributed by atoms with Crippen LogP contribution in [0.2, 0.25) is 0 Å². The third-order valence-corrected chi connectivity index (χ3v) is 2.98. The average molecular weight is 250 g/mol. The van der Waals surface area contributed by atoms with Crippen LogP contribution < -0.4 is 0 Å². The van der Waals surface area contributed by atoms with Crippen LogP contribution in [-0.2, 0) is 9.53 Å². The van der Waals surface area contributed by atoms with Gasteiger partial charge in [-0.25, -0.2) is 0 Å². The van der Waals surface area contributed by atoms with Crippen LogP contribution in [0.5, 0.6) is 0 Å². The predicted molar refractivity (Wildman–Crippen MR) is 55.0 cm³/mol. The van der Waals surface area contributed by atoms with Crippen molar-refractivity contribution >= 4 is 21.9 Å². The van der Waals surface area contributed by atoms with Gasteiger partial charge in [0.05, 0.1) is 7.11 Å². The summed E-state index contributed by atoms with van der Waals surface area (Å²) in [6.07, 6.45) is 3.16. The number of hydrogen-bond acceptors (Lipinski definition) is 3. The van der Waals surface area contributed by atoms with Crippen LogP contribution in [0.1, 0.15) is 19.3 Å². The third kappa shape index (κ3) is 2.95. The van der Waals surface area contributed by atoms with Gasteiger partial charge in [0, 0.05) is 5.33 Å². The molecule has 0 aliphatic carbocycles. The Balaban J connectivity index is 2.39. The van der Waals surface area contributed by atoms with Crippen LogP contribution in [0.3, 0.4) is 0 Å². The molecular weight excluding hydrogens is 234 g/mol. The maximum Gasteiger partial charge on any atom is 0.323 e. The molecule has 13 heavy (non-hydrogen) atoms. The lowest BCUT2D eigenvalue weighted by molar-refractivity contribution is -0.145. The fraction of sp³-hybridized carbons (Fsp3) is 0.889. The van der Waals surface area contributed by atoms with E-state index in [1.54, 1.807) is 0 Å². The lowest BCUT2D eigenvalue weighted by Crippen LogP contribution is -2.37. The number of ether oxygens (including phenoxy) is 1. The van der Waals surface area contributed by atoms with Crippen molar-refractivity contribution in [3.63, 3.8) is 0 Å². The average Bonchev–Trinajstić information content (AvgIpc) is 2.61. The number of carbonyl (C=O) groups excluding carboxylic acids is 1. The Bertz CT molecular complexity index is 175. The minimum absolute atomic E-state index is 0.0176. The van der Waals surface area contributed by atoms with Crippen molar-refractivity contribution < 1.29 is 9.53 Å². The molecule has 1 fully saturated rings. The van der Waals surface area contributed by atoms with Crippen molar-refractivity contribution in [3.8, 4) is 0 Å². The van der Waals surface area contributed by atoms with Gasteiger partial charge in [-0.15, -0.1) is 0 Å². The number of esters is 1. The van der Waals surface area contributed by atoms with Crippen molar-refractivity contribution in [1.29, 1.82) is 0 Å². The molecular formula is C9H16BrNO2. The zero-order chi connectivity index (χ0) is 9.68. The Morgan fingerprint density at radius 3 is 3.08 bits per heavy atom. The van der Waals surface area contributed by atoms with E-state index in [9.17, 15) is 4.79 Å². The van der Waals surface area contributed by atoms with E-state index in [4.69, 9.17) is 4.74 Å². The molecule has 1 aliphatic heterocycles. The highest BCUT2D eigenvalue weighted by molar-refractivity contribution is 9.09. The summed E-state index contributed by atoms with van der Waals surface area (Å²) in [5.41, 5.74) is 0. The molecule has 1 rings (SSSR count). The first-order valence-corrected chi connectivity index (χ1v) is 5.79. The zero-order valence-corrected chi connectivity index (χ0v) is 9.55. The number of methoxy groups -OCH3 is 1. The molecule has 4 heteroatoms. The number of carbonyl (C=O) groups is 1. The number of hydrogen-bond donors (Lipinski definition) is 0. The molecule has 1 atom stereocenters. The Hall–Kier alpha value is -0.0900. The van der Waals surface area contributed by atoms with Crippen molar-refractivity contribution in [3.05, 3.63) is 0 Å². The molecule has 0 spiro atoms. The maximum atomic E-state index is 11.3. The Morgan fingerprint density at radius 2 is 2.46 bits per heavy atom. The van der Waals surface area contributed by atoms with Gasteiger partial charge < -0.3 is 4.74 Å². The van der Waals surface area contributed by atoms with Gasteiger partial charge in [-0.3, -0.25) is 9.69 Å². The second-order valence-electron chi connectivity index (χ2n) is 3.26. The molecule has 1 heterocycles. The number of halogens is 1. The normalized spacial score (nSPS) is 23.4. The molecule has 0 unspecified atom stereocenters. The maximum absolute atomic E-state index is 11.3. The van der Waals surface area contributed by atoms with E-state index in [0.29, 0.717) is 0 Å². The summed E-state index contributed by atoms with van der Waals surface area (Å²) < 4.78 is 4.75. The lowest BCUT2D eigenvalue weighted by atomic mass is 10.2. The zero-order valence-electron chi connectivity index (χ0n) is 7.96. The summed E-state index contributed by atoms with van der Waals surface area (Å²) in [5.74, 6) is -0.0768. The van der Waals surface area contributed by atoms with Gasteiger partial charge in [-0.2, -0.15) is 0 Å². The van der Waals surface area contributed by atoms with Crippen LogP contribution in [0.25, 0.3) is 0 Å². The third-order valence-electron chi connectivity index (χ3n) is 2.42. The van der Waals surface area contributed by atoms with Gasteiger partial charge in [0.15, 0.2) is 0 Å². The molecule has 1 saturated heterocycles. The summed E-state index contributed by atoms with van der Waals surface area (Å²) in [7, 11) is 1.46. The first kappa shape index (κ1) is 11.0. The van der Waals surface area contributed by atoms with Crippen LogP contribution in [0.4, 0.5) is 0 Å². The first-order chi connectivity index (χ1) is 6.29. The standard InChI is InChI=1S/C9H16BrNO2/c1-13-9(12)8-4-2-6-11(8)7-3-5-10/h8H,2-7H2,1H3/t8-/m1/s1. The van der Waals surface area contributed by atoms with Crippen molar-refractivity contribution in [1.82, 2.24) is 4.90 Å². The van der Waals surface area contributed by atoms with Gasteiger partial charge in [0.25, 0.3) is 0 Å². The Labute approximate surface area is 87.6 Å². The van der Waals surface area contributed by atoms with Gasteiger partial charge >= 0.3 is 5.97 Å². The van der Waals surface area contributed by atoms with E-state index in [-0.39, 0.29) is 12.0 Å². The first-order valence-electron chi connectivity index (χ1n) is 4.67.